The van der Waals surface area contributed by atoms with E-state index < -0.39 is 10.0 Å². The van der Waals surface area contributed by atoms with Crippen molar-refractivity contribution in [2.45, 2.75) is 0 Å². The molecule has 0 atom stereocenters. The van der Waals surface area contributed by atoms with E-state index in [1.165, 1.54) is 26.6 Å². The maximum atomic E-state index is 11.9. The minimum Gasteiger partial charge on any atom is -0.493 e. The number of para-hydroxylation sites is 2. The van der Waals surface area contributed by atoms with Crippen molar-refractivity contribution in [3.63, 3.8) is 0 Å². The molecule has 0 saturated carbocycles. The van der Waals surface area contributed by atoms with E-state index >= 15 is 0 Å². The number of aromatic nitrogens is 3. The Labute approximate surface area is 167 Å². The summed E-state index contributed by atoms with van der Waals surface area (Å²) in [5.41, 5.74) is 0.522. The fourth-order valence-electron chi connectivity index (χ4n) is 2.41. The normalized spacial score (nSPS) is 11.0. The monoisotopic (exact) mass is 419 g/mol. The minimum atomic E-state index is -3.69. The summed E-state index contributed by atoms with van der Waals surface area (Å²) in [6.45, 7) is 0. The lowest BCUT2D eigenvalue weighted by atomic mass is 10.2. The average molecular weight is 419 g/mol. The summed E-state index contributed by atoms with van der Waals surface area (Å²) in [4.78, 5) is 8.59. The highest BCUT2D eigenvalue weighted by atomic mass is 32.2. The average Bonchev–Trinajstić information content (AvgIpc) is 2.69. The Morgan fingerprint density at radius 2 is 1.66 bits per heavy atom. The van der Waals surface area contributed by atoms with Gasteiger partial charge in [-0.05, 0) is 12.1 Å². The Balaban J connectivity index is 2.16. The number of methoxy groups -OCH3 is 2. The van der Waals surface area contributed by atoms with Crippen molar-refractivity contribution < 1.29 is 32.6 Å². The first-order valence-corrected chi connectivity index (χ1v) is 10.2. The van der Waals surface area contributed by atoms with E-state index in [4.69, 9.17) is 14.2 Å². The van der Waals surface area contributed by atoms with Crippen molar-refractivity contribution in [1.82, 2.24) is 9.97 Å². The molecule has 2 heterocycles. The fraction of sp³-hybridized carbons (Fsp3) is 0.167. The van der Waals surface area contributed by atoms with E-state index in [0.717, 1.165) is 11.0 Å². The zero-order valence-electron chi connectivity index (χ0n) is 15.9. The van der Waals surface area contributed by atoms with Crippen LogP contribution < -0.4 is 23.7 Å². The fourth-order valence-corrected chi connectivity index (χ4v) is 2.90. The van der Waals surface area contributed by atoms with E-state index in [-0.39, 0.29) is 23.3 Å². The second-order valence-electron chi connectivity index (χ2n) is 5.83. The summed E-state index contributed by atoms with van der Waals surface area (Å²) >= 11 is 0. The molecule has 0 bridgehead atoms. The second kappa shape index (κ2) is 8.19. The Bertz CT molecular complexity index is 1120. The van der Waals surface area contributed by atoms with Gasteiger partial charge in [0.05, 0.1) is 20.5 Å². The lowest BCUT2D eigenvalue weighted by Crippen LogP contribution is -2.27. The van der Waals surface area contributed by atoms with Gasteiger partial charge in [0.1, 0.15) is 0 Å². The highest BCUT2D eigenvalue weighted by Gasteiger charge is 2.22. The molecule has 11 heteroatoms. The maximum absolute atomic E-state index is 11.9. The van der Waals surface area contributed by atoms with Crippen LogP contribution >= 0.6 is 0 Å². The van der Waals surface area contributed by atoms with Gasteiger partial charge in [-0.2, -0.15) is 4.98 Å². The van der Waals surface area contributed by atoms with Gasteiger partial charge in [0.2, 0.25) is 28.2 Å². The summed E-state index contributed by atoms with van der Waals surface area (Å²) in [5.74, 6) is 0.788. The van der Waals surface area contributed by atoms with Crippen LogP contribution in [0.15, 0.2) is 48.8 Å². The number of benzene rings is 1. The molecule has 0 spiro atoms. The van der Waals surface area contributed by atoms with Crippen molar-refractivity contribution >= 4 is 15.8 Å². The van der Waals surface area contributed by atoms with Gasteiger partial charge in [0.15, 0.2) is 23.1 Å². The van der Waals surface area contributed by atoms with Crippen molar-refractivity contribution in [3.05, 3.63) is 48.8 Å². The molecule has 0 aliphatic carbocycles. The van der Waals surface area contributed by atoms with Gasteiger partial charge in [0, 0.05) is 22.4 Å². The predicted octanol–water partition coefficient (Wildman–Crippen LogP) is 1.85. The molecule has 0 fully saturated rings. The first-order valence-electron chi connectivity index (χ1n) is 8.26. The number of sulfonamides is 1. The van der Waals surface area contributed by atoms with E-state index in [1.807, 2.05) is 0 Å². The molecule has 0 saturated heterocycles. The molecule has 0 unspecified atom stereocenters. The van der Waals surface area contributed by atoms with Gasteiger partial charge in [-0.1, -0.05) is 12.1 Å². The lowest BCUT2D eigenvalue weighted by Gasteiger charge is -2.16. The van der Waals surface area contributed by atoms with Crippen LogP contribution in [-0.2, 0) is 10.0 Å². The molecule has 1 aromatic carbocycles. The Morgan fingerprint density at radius 3 is 2.24 bits per heavy atom. The van der Waals surface area contributed by atoms with E-state index in [9.17, 15) is 13.6 Å². The first-order chi connectivity index (χ1) is 13.8. The third kappa shape index (κ3) is 4.82. The van der Waals surface area contributed by atoms with Crippen LogP contribution in [0.5, 0.6) is 23.1 Å². The number of rotatable bonds is 7. The smallest absolute Gasteiger partial charge is 0.263 e. The molecule has 0 amide bonds. The maximum Gasteiger partial charge on any atom is 0.263 e. The molecule has 2 aromatic heterocycles. The standard InChI is InChI=1S/C18H19N4O6S/c1-26-13-6-4-5-7-14(13)28-15-17(21-29(3,24)25)19-16(20-18(15)27-2)12-8-10-22(23)11-9-12/h4-11,23H,1-3H3,(H,19,20,21)/q+1. The molecule has 0 radical (unpaired) electrons. The number of hydrogen-bond acceptors (Lipinski definition) is 8. The van der Waals surface area contributed by atoms with Gasteiger partial charge in [-0.15, -0.1) is 0 Å². The molecule has 2 N–H and O–H groups in total. The molecular formula is C18H19N4O6S+. The third-order valence-electron chi connectivity index (χ3n) is 3.66. The van der Waals surface area contributed by atoms with Crippen LogP contribution in [0, 0.1) is 0 Å². The lowest BCUT2D eigenvalue weighted by molar-refractivity contribution is -0.904. The summed E-state index contributed by atoms with van der Waals surface area (Å²) in [5, 5.41) is 9.40. The Morgan fingerprint density at radius 1 is 1.00 bits per heavy atom. The van der Waals surface area contributed by atoms with Crippen molar-refractivity contribution in [1.29, 1.82) is 0 Å². The quantitative estimate of drug-likeness (QED) is 0.439. The van der Waals surface area contributed by atoms with Gasteiger partial charge in [-0.3, -0.25) is 9.93 Å². The van der Waals surface area contributed by atoms with Crippen LogP contribution in [-0.4, -0.2) is 44.1 Å². The highest BCUT2D eigenvalue weighted by Crippen LogP contribution is 2.40. The summed E-state index contributed by atoms with van der Waals surface area (Å²) in [6, 6.07) is 9.94. The zero-order valence-corrected chi connectivity index (χ0v) is 16.7. The largest absolute Gasteiger partial charge is 0.493 e. The van der Waals surface area contributed by atoms with Crippen molar-refractivity contribution in [2.75, 3.05) is 25.2 Å². The molecule has 3 rings (SSSR count). The second-order valence-corrected chi connectivity index (χ2v) is 7.58. The van der Waals surface area contributed by atoms with Crippen molar-refractivity contribution in [2.24, 2.45) is 0 Å². The molecule has 29 heavy (non-hydrogen) atoms. The molecule has 10 nitrogen and oxygen atoms in total. The van der Waals surface area contributed by atoms with E-state index in [1.54, 1.807) is 36.4 Å². The van der Waals surface area contributed by atoms with Crippen molar-refractivity contribution in [3.8, 4) is 34.5 Å². The number of ether oxygens (including phenoxy) is 3. The summed E-state index contributed by atoms with van der Waals surface area (Å²) in [6.07, 6.45) is 3.76. The predicted molar refractivity (Wildman–Crippen MR) is 103 cm³/mol. The van der Waals surface area contributed by atoms with Crippen LogP contribution in [0.3, 0.4) is 0 Å². The molecule has 3 aromatic rings. The van der Waals surface area contributed by atoms with Crippen LogP contribution in [0.1, 0.15) is 0 Å². The SMILES string of the molecule is COc1ccccc1Oc1c(NS(C)(=O)=O)nc(-c2cc[n+](O)cc2)nc1OC. The molecule has 0 aliphatic rings. The Hall–Kier alpha value is -3.60. The molecular weight excluding hydrogens is 400 g/mol. The topological polar surface area (TPSA) is 124 Å². The van der Waals surface area contributed by atoms with Gasteiger partial charge in [-0.25, -0.2) is 13.4 Å². The number of nitrogens with one attached hydrogen (secondary N) is 1. The third-order valence-corrected chi connectivity index (χ3v) is 4.23. The van der Waals surface area contributed by atoms with Gasteiger partial charge in [0.25, 0.3) is 5.88 Å². The molecule has 0 aliphatic heterocycles. The van der Waals surface area contributed by atoms with E-state index in [0.29, 0.717) is 17.1 Å². The summed E-state index contributed by atoms with van der Waals surface area (Å²) < 4.78 is 43.4. The number of pyridine rings is 1. The molecule has 152 valence electrons. The van der Waals surface area contributed by atoms with Gasteiger partial charge >= 0.3 is 0 Å². The van der Waals surface area contributed by atoms with Crippen LogP contribution in [0.4, 0.5) is 5.82 Å². The Kier molecular flexibility index (Phi) is 5.69. The van der Waals surface area contributed by atoms with E-state index in [2.05, 4.69) is 14.7 Å². The van der Waals surface area contributed by atoms with Gasteiger partial charge < -0.3 is 14.2 Å². The highest BCUT2D eigenvalue weighted by molar-refractivity contribution is 7.92. The zero-order chi connectivity index (χ0) is 21.0. The van der Waals surface area contributed by atoms with Crippen LogP contribution in [0.25, 0.3) is 11.4 Å². The number of anilines is 1. The minimum absolute atomic E-state index is 0.00721. The summed E-state index contributed by atoms with van der Waals surface area (Å²) in [7, 11) is -0.833. The number of hydrogen-bond donors (Lipinski definition) is 2. The first kappa shape index (κ1) is 20.1. The number of nitrogens with zero attached hydrogens (tertiary/aromatic N) is 3. The van der Waals surface area contributed by atoms with Crippen LogP contribution in [0.2, 0.25) is 0 Å².